The van der Waals surface area contributed by atoms with Crippen molar-refractivity contribution in [2.75, 3.05) is 0 Å². The van der Waals surface area contributed by atoms with Crippen LogP contribution in [-0.4, -0.2) is 16.9 Å². The number of hydroxylamine groups is 1. The number of Topliss-reactive ketones (excluding diaryl/α,β-unsaturated/α-hetero) is 1. The number of ketones is 1. The minimum Gasteiger partial charge on any atom is -0.288 e. The van der Waals surface area contributed by atoms with Gasteiger partial charge in [0.05, 0.1) is 0 Å². The molecule has 88 valence electrons. The van der Waals surface area contributed by atoms with Crippen molar-refractivity contribution in [3.63, 3.8) is 0 Å². The monoisotopic (exact) mass is 223 g/mol. The Labute approximate surface area is 94.4 Å². The second kappa shape index (κ2) is 3.29. The Bertz CT molecular complexity index is 315. The van der Waals surface area contributed by atoms with E-state index in [0.29, 0.717) is 17.8 Å². The van der Waals surface area contributed by atoms with Crippen LogP contribution >= 0.6 is 0 Å². The fourth-order valence-corrected chi connectivity index (χ4v) is 4.68. The molecule has 4 aliphatic carbocycles. The van der Waals surface area contributed by atoms with Crippen LogP contribution in [-0.2, 0) is 9.59 Å². The van der Waals surface area contributed by atoms with Gasteiger partial charge in [-0.3, -0.25) is 14.8 Å². The lowest BCUT2D eigenvalue weighted by Crippen LogP contribution is -2.53. The predicted octanol–water partition coefficient (Wildman–Crippen LogP) is 1.28. The van der Waals surface area contributed by atoms with Crippen molar-refractivity contribution >= 4 is 11.7 Å². The summed E-state index contributed by atoms with van der Waals surface area (Å²) in [6.07, 6.45) is 6.33. The second-order valence-electron chi connectivity index (χ2n) is 5.97. The quantitative estimate of drug-likeness (QED) is 0.421. The van der Waals surface area contributed by atoms with Crippen molar-refractivity contribution in [1.82, 2.24) is 5.48 Å². The molecule has 0 aromatic heterocycles. The first kappa shape index (κ1) is 10.3. The molecule has 4 aliphatic rings. The summed E-state index contributed by atoms with van der Waals surface area (Å²) in [6, 6.07) is 0. The minimum atomic E-state index is -0.818. The number of hydrogen-bond donors (Lipinski definition) is 2. The fraction of sp³-hybridized carbons (Fsp3) is 0.833. The van der Waals surface area contributed by atoms with Crippen LogP contribution < -0.4 is 5.48 Å². The van der Waals surface area contributed by atoms with Crippen LogP contribution in [0.3, 0.4) is 0 Å². The highest BCUT2D eigenvalue weighted by atomic mass is 16.5. The van der Waals surface area contributed by atoms with Crippen LogP contribution in [0.15, 0.2) is 0 Å². The van der Waals surface area contributed by atoms with Crippen LogP contribution in [0.1, 0.15) is 38.5 Å². The van der Waals surface area contributed by atoms with Crippen molar-refractivity contribution in [3.05, 3.63) is 0 Å². The lowest BCUT2D eigenvalue weighted by molar-refractivity contribution is -0.157. The van der Waals surface area contributed by atoms with Gasteiger partial charge < -0.3 is 0 Å². The Morgan fingerprint density at radius 3 is 1.81 bits per heavy atom. The zero-order valence-electron chi connectivity index (χ0n) is 9.24. The van der Waals surface area contributed by atoms with Gasteiger partial charge in [0.1, 0.15) is 0 Å². The molecule has 1 amide bonds. The van der Waals surface area contributed by atoms with E-state index in [0.717, 1.165) is 19.3 Å². The molecule has 0 saturated heterocycles. The summed E-state index contributed by atoms with van der Waals surface area (Å²) < 4.78 is 0. The molecule has 0 aromatic rings. The van der Waals surface area contributed by atoms with E-state index in [9.17, 15) is 9.59 Å². The average Bonchev–Trinajstić information content (AvgIpc) is 2.25. The topological polar surface area (TPSA) is 66.4 Å². The molecule has 16 heavy (non-hydrogen) atoms. The lowest BCUT2D eigenvalue weighted by Gasteiger charge is -2.55. The second-order valence-corrected chi connectivity index (χ2v) is 5.97. The molecule has 4 saturated carbocycles. The number of nitrogens with one attached hydrogen (secondary N) is 1. The van der Waals surface area contributed by atoms with Crippen molar-refractivity contribution in [2.24, 2.45) is 23.2 Å². The van der Waals surface area contributed by atoms with E-state index in [-0.39, 0.29) is 5.78 Å². The Kier molecular flexibility index (Phi) is 2.11. The Hall–Kier alpha value is -0.900. The Morgan fingerprint density at radius 2 is 1.44 bits per heavy atom. The Balaban J connectivity index is 1.88. The third-order valence-corrected chi connectivity index (χ3v) is 4.83. The first-order chi connectivity index (χ1) is 7.63. The maximum absolute atomic E-state index is 12.1. The van der Waals surface area contributed by atoms with Gasteiger partial charge in [0.2, 0.25) is 5.78 Å². The molecule has 4 nitrogen and oxygen atoms in total. The summed E-state index contributed by atoms with van der Waals surface area (Å²) in [5.41, 5.74) is 1.07. The maximum Gasteiger partial charge on any atom is 0.311 e. The van der Waals surface area contributed by atoms with E-state index >= 15 is 0 Å². The number of hydrogen-bond acceptors (Lipinski definition) is 3. The molecule has 4 rings (SSSR count). The molecule has 4 fully saturated rings. The van der Waals surface area contributed by atoms with Gasteiger partial charge in [-0.2, -0.15) is 0 Å². The van der Waals surface area contributed by atoms with Gasteiger partial charge in [-0.25, -0.2) is 5.48 Å². The standard InChI is InChI=1S/C12H17NO3/c14-10(11(15)13-16)12-4-7-1-8(5-12)3-9(2-7)6-12/h7-9,16H,1-6H2,(H,13,15). The number of carbonyl (C=O) groups is 2. The average molecular weight is 223 g/mol. The smallest absolute Gasteiger partial charge is 0.288 e. The van der Waals surface area contributed by atoms with E-state index in [1.807, 2.05) is 0 Å². The number of carbonyl (C=O) groups excluding carboxylic acids is 2. The van der Waals surface area contributed by atoms with Crippen LogP contribution in [0.4, 0.5) is 0 Å². The van der Waals surface area contributed by atoms with Crippen molar-refractivity contribution in [3.8, 4) is 0 Å². The number of rotatable bonds is 2. The van der Waals surface area contributed by atoms with Gasteiger partial charge in [-0.1, -0.05) is 0 Å². The van der Waals surface area contributed by atoms with E-state index in [1.165, 1.54) is 24.7 Å². The van der Waals surface area contributed by atoms with Gasteiger partial charge in [-0.05, 0) is 56.3 Å². The molecule has 0 aliphatic heterocycles. The lowest BCUT2D eigenvalue weighted by atomic mass is 9.48. The van der Waals surface area contributed by atoms with E-state index in [1.54, 1.807) is 0 Å². The van der Waals surface area contributed by atoms with Crippen molar-refractivity contribution < 1.29 is 14.8 Å². The molecule has 0 atom stereocenters. The van der Waals surface area contributed by atoms with Crippen LogP contribution in [0.25, 0.3) is 0 Å². The molecule has 0 spiro atoms. The minimum absolute atomic E-state index is 0.380. The predicted molar refractivity (Wildman–Crippen MR) is 55.5 cm³/mol. The van der Waals surface area contributed by atoms with Crippen molar-refractivity contribution in [1.29, 1.82) is 0 Å². The summed E-state index contributed by atoms with van der Waals surface area (Å²) in [4.78, 5) is 23.4. The van der Waals surface area contributed by atoms with Crippen LogP contribution in [0.2, 0.25) is 0 Å². The fourth-order valence-electron chi connectivity index (χ4n) is 4.68. The van der Waals surface area contributed by atoms with Crippen molar-refractivity contribution in [2.45, 2.75) is 38.5 Å². The van der Waals surface area contributed by atoms with Gasteiger partial charge in [0.25, 0.3) is 0 Å². The molecule has 0 radical (unpaired) electrons. The normalized spacial score (nSPS) is 44.4. The molecule has 4 bridgehead atoms. The maximum atomic E-state index is 12.1. The van der Waals surface area contributed by atoms with E-state index < -0.39 is 11.3 Å². The van der Waals surface area contributed by atoms with E-state index in [2.05, 4.69) is 0 Å². The van der Waals surface area contributed by atoms with Crippen LogP contribution in [0.5, 0.6) is 0 Å². The van der Waals surface area contributed by atoms with Gasteiger partial charge >= 0.3 is 5.91 Å². The Morgan fingerprint density at radius 1 is 1.00 bits per heavy atom. The summed E-state index contributed by atoms with van der Waals surface area (Å²) in [6.45, 7) is 0. The molecular formula is C12H17NO3. The summed E-state index contributed by atoms with van der Waals surface area (Å²) in [5.74, 6) is 0.723. The molecular weight excluding hydrogens is 206 g/mol. The van der Waals surface area contributed by atoms with E-state index in [4.69, 9.17) is 5.21 Å². The molecule has 0 unspecified atom stereocenters. The highest BCUT2D eigenvalue weighted by Gasteiger charge is 2.55. The SMILES string of the molecule is O=C(NO)C(=O)C12CC3CC(CC(C3)C1)C2. The summed E-state index contributed by atoms with van der Waals surface area (Å²) in [5, 5.41) is 8.59. The first-order valence-corrected chi connectivity index (χ1v) is 6.12. The molecule has 2 N–H and O–H groups in total. The third kappa shape index (κ3) is 1.32. The largest absolute Gasteiger partial charge is 0.311 e. The summed E-state index contributed by atoms with van der Waals surface area (Å²) in [7, 11) is 0. The third-order valence-electron chi connectivity index (χ3n) is 4.83. The van der Waals surface area contributed by atoms with Gasteiger partial charge in [0, 0.05) is 5.41 Å². The summed E-state index contributed by atoms with van der Waals surface area (Å²) >= 11 is 0. The molecule has 0 aromatic carbocycles. The van der Waals surface area contributed by atoms with Gasteiger partial charge in [-0.15, -0.1) is 0 Å². The van der Waals surface area contributed by atoms with Crippen LogP contribution in [0, 0.1) is 23.2 Å². The molecule has 4 heteroatoms. The first-order valence-electron chi connectivity index (χ1n) is 6.12. The molecule has 0 heterocycles. The van der Waals surface area contributed by atoms with Gasteiger partial charge in [0.15, 0.2) is 0 Å². The number of amides is 1. The highest BCUT2D eigenvalue weighted by Crippen LogP contribution is 2.60. The zero-order chi connectivity index (χ0) is 11.3. The zero-order valence-corrected chi connectivity index (χ0v) is 9.24. The highest BCUT2D eigenvalue weighted by molar-refractivity contribution is 6.37.